The van der Waals surface area contributed by atoms with Crippen molar-refractivity contribution in [2.45, 2.75) is 34.3 Å². The summed E-state index contributed by atoms with van der Waals surface area (Å²) in [6.45, 7) is 7.90. The van der Waals surface area contributed by atoms with Crippen LogP contribution in [-0.4, -0.2) is 20.8 Å². The van der Waals surface area contributed by atoms with E-state index in [-0.39, 0.29) is 18.2 Å². The number of ether oxygens (including phenoxy) is 1. The zero-order valence-electron chi connectivity index (χ0n) is 15.6. The van der Waals surface area contributed by atoms with Gasteiger partial charge in [-0.25, -0.2) is 0 Å². The minimum Gasteiger partial charge on any atom is -0.489 e. The summed E-state index contributed by atoms with van der Waals surface area (Å²) in [4.78, 5) is 12.6. The number of carbonyl (C=O) groups excluding carboxylic acids is 1. The van der Waals surface area contributed by atoms with Crippen molar-refractivity contribution in [3.8, 4) is 5.75 Å². The van der Waals surface area contributed by atoms with Crippen molar-refractivity contribution in [3.63, 3.8) is 0 Å². The van der Waals surface area contributed by atoms with Crippen LogP contribution in [0.4, 0.5) is 5.82 Å². The molecule has 3 aromatic rings. The van der Waals surface area contributed by atoms with Crippen molar-refractivity contribution >= 4 is 11.7 Å². The minimum absolute atomic E-state index is 0.199. The molecule has 7 heteroatoms. The third-order valence-electron chi connectivity index (χ3n) is 4.30. The second-order valence-electron chi connectivity index (χ2n) is 6.35. The lowest BCUT2D eigenvalue weighted by Gasteiger charge is -2.09. The van der Waals surface area contributed by atoms with Gasteiger partial charge < -0.3 is 14.6 Å². The van der Waals surface area contributed by atoms with Crippen molar-refractivity contribution in [1.82, 2.24) is 14.9 Å². The zero-order valence-corrected chi connectivity index (χ0v) is 15.6. The number of nitrogens with one attached hydrogen (secondary N) is 1. The van der Waals surface area contributed by atoms with Gasteiger partial charge in [0.15, 0.2) is 5.69 Å². The Morgan fingerprint density at radius 2 is 1.96 bits per heavy atom. The number of anilines is 1. The van der Waals surface area contributed by atoms with Gasteiger partial charge in [-0.15, -0.1) is 0 Å². The summed E-state index contributed by atoms with van der Waals surface area (Å²) in [7, 11) is 1.76. The van der Waals surface area contributed by atoms with E-state index in [4.69, 9.17) is 9.26 Å². The van der Waals surface area contributed by atoms with Crippen molar-refractivity contribution in [3.05, 3.63) is 58.1 Å². The van der Waals surface area contributed by atoms with E-state index in [9.17, 15) is 4.79 Å². The van der Waals surface area contributed by atoms with E-state index >= 15 is 0 Å². The van der Waals surface area contributed by atoms with Gasteiger partial charge in [-0.1, -0.05) is 11.2 Å². The Bertz CT molecular complexity index is 956. The van der Waals surface area contributed by atoms with Crippen molar-refractivity contribution in [2.24, 2.45) is 7.05 Å². The molecule has 0 saturated carbocycles. The first kappa shape index (κ1) is 17.7. The number of amides is 1. The molecule has 2 aromatic heterocycles. The van der Waals surface area contributed by atoms with Crippen molar-refractivity contribution < 1.29 is 14.1 Å². The molecule has 0 fully saturated rings. The van der Waals surface area contributed by atoms with E-state index in [1.54, 1.807) is 24.7 Å². The number of aromatic nitrogens is 3. The lowest BCUT2D eigenvalue weighted by Crippen LogP contribution is -2.17. The van der Waals surface area contributed by atoms with E-state index in [0.717, 1.165) is 17.0 Å². The minimum atomic E-state index is -0.358. The fraction of sp³-hybridized carbons (Fsp3) is 0.316. The topological polar surface area (TPSA) is 82.2 Å². The van der Waals surface area contributed by atoms with Crippen LogP contribution in [0.2, 0.25) is 0 Å². The molecule has 0 aliphatic rings. The van der Waals surface area contributed by atoms with Crippen LogP contribution in [0.25, 0.3) is 0 Å². The molecule has 0 atom stereocenters. The van der Waals surface area contributed by atoms with E-state index in [1.807, 2.05) is 39.0 Å². The van der Waals surface area contributed by atoms with Crippen LogP contribution in [0.3, 0.4) is 0 Å². The number of carbonyl (C=O) groups is 1. The molecule has 0 bridgehead atoms. The summed E-state index contributed by atoms with van der Waals surface area (Å²) in [5, 5.41) is 10.9. The van der Waals surface area contributed by atoms with Gasteiger partial charge >= 0.3 is 0 Å². The fourth-order valence-corrected chi connectivity index (χ4v) is 2.60. The number of rotatable bonds is 5. The first-order chi connectivity index (χ1) is 12.3. The highest BCUT2D eigenvalue weighted by Gasteiger charge is 2.21. The van der Waals surface area contributed by atoms with Crippen LogP contribution < -0.4 is 10.1 Å². The Hall–Kier alpha value is -3.09. The van der Waals surface area contributed by atoms with Gasteiger partial charge in [-0.2, -0.15) is 5.10 Å². The van der Waals surface area contributed by atoms with Crippen LogP contribution in [0.5, 0.6) is 5.75 Å². The molecular formula is C19H22N4O3. The van der Waals surface area contributed by atoms with Crippen molar-refractivity contribution in [1.29, 1.82) is 0 Å². The number of hydrogen-bond donors (Lipinski definition) is 1. The third-order valence-corrected chi connectivity index (χ3v) is 4.30. The van der Waals surface area contributed by atoms with Crippen LogP contribution in [0, 0.1) is 27.7 Å². The number of nitrogens with zero attached hydrogens (tertiary/aromatic N) is 3. The molecule has 136 valence electrons. The Morgan fingerprint density at radius 3 is 2.62 bits per heavy atom. The van der Waals surface area contributed by atoms with Gasteiger partial charge in [0.05, 0.1) is 11.3 Å². The number of hydrogen-bond acceptors (Lipinski definition) is 5. The summed E-state index contributed by atoms with van der Waals surface area (Å²) in [6, 6.07) is 7.67. The molecule has 1 amide bonds. The summed E-state index contributed by atoms with van der Waals surface area (Å²) < 4.78 is 12.6. The smallest absolute Gasteiger partial charge is 0.279 e. The molecular weight excluding hydrogens is 332 g/mol. The average Bonchev–Trinajstić information content (AvgIpc) is 3.10. The van der Waals surface area contributed by atoms with Gasteiger partial charge in [0.25, 0.3) is 5.91 Å². The molecule has 0 aliphatic carbocycles. The van der Waals surface area contributed by atoms with Crippen LogP contribution in [0.15, 0.2) is 28.8 Å². The van der Waals surface area contributed by atoms with E-state index in [1.165, 1.54) is 5.56 Å². The van der Waals surface area contributed by atoms with Gasteiger partial charge in [0.2, 0.25) is 0 Å². The molecule has 1 N–H and O–H groups in total. The molecule has 2 heterocycles. The van der Waals surface area contributed by atoms with Crippen LogP contribution >= 0.6 is 0 Å². The summed E-state index contributed by atoms with van der Waals surface area (Å²) in [5.74, 6) is 1.53. The third kappa shape index (κ3) is 3.61. The maximum Gasteiger partial charge on any atom is 0.279 e. The van der Waals surface area contributed by atoms with Gasteiger partial charge in [-0.05, 0) is 51.0 Å². The first-order valence-electron chi connectivity index (χ1n) is 8.32. The van der Waals surface area contributed by atoms with Crippen molar-refractivity contribution in [2.75, 3.05) is 5.32 Å². The summed E-state index contributed by atoms with van der Waals surface area (Å²) in [6.07, 6.45) is 0. The average molecular weight is 354 g/mol. The van der Waals surface area contributed by atoms with E-state index < -0.39 is 0 Å². The van der Waals surface area contributed by atoms with Gasteiger partial charge in [0, 0.05) is 13.1 Å². The van der Waals surface area contributed by atoms with Gasteiger partial charge in [0.1, 0.15) is 23.9 Å². The quantitative estimate of drug-likeness (QED) is 0.758. The normalized spacial score (nSPS) is 10.8. The summed E-state index contributed by atoms with van der Waals surface area (Å²) in [5.41, 5.74) is 4.00. The van der Waals surface area contributed by atoms with Gasteiger partial charge in [-0.3, -0.25) is 9.48 Å². The number of aryl methyl sites for hydroxylation is 5. The summed E-state index contributed by atoms with van der Waals surface area (Å²) >= 11 is 0. The molecule has 0 saturated heterocycles. The highest BCUT2D eigenvalue weighted by Crippen LogP contribution is 2.21. The maximum absolute atomic E-state index is 12.6. The molecule has 3 rings (SSSR count). The maximum atomic E-state index is 12.6. The Morgan fingerprint density at radius 1 is 1.19 bits per heavy atom. The standard InChI is InChI=1S/C19H22N4O3/c1-11-6-7-15(8-12(11)2)25-10-16-14(4)26-22-18(16)19(24)20-17-9-13(3)21-23(17)5/h6-9H,10H2,1-5H3,(H,20,24). The molecule has 7 nitrogen and oxygen atoms in total. The second kappa shape index (κ2) is 7.03. The molecule has 1 aromatic carbocycles. The number of benzene rings is 1. The monoisotopic (exact) mass is 354 g/mol. The second-order valence-corrected chi connectivity index (χ2v) is 6.35. The van der Waals surface area contributed by atoms with Crippen LogP contribution in [-0.2, 0) is 13.7 Å². The predicted molar refractivity (Wildman–Crippen MR) is 97.4 cm³/mol. The molecule has 0 radical (unpaired) electrons. The van der Waals surface area contributed by atoms with Crippen LogP contribution in [0.1, 0.15) is 38.6 Å². The Kier molecular flexibility index (Phi) is 4.79. The molecule has 26 heavy (non-hydrogen) atoms. The first-order valence-corrected chi connectivity index (χ1v) is 8.32. The largest absolute Gasteiger partial charge is 0.489 e. The van der Waals surface area contributed by atoms with E-state index in [0.29, 0.717) is 17.1 Å². The lowest BCUT2D eigenvalue weighted by molar-refractivity contribution is 0.101. The highest BCUT2D eigenvalue weighted by molar-refractivity contribution is 6.03. The SMILES string of the molecule is Cc1cc(NC(=O)c2noc(C)c2COc2ccc(C)c(C)c2)n(C)n1. The predicted octanol–water partition coefficient (Wildman–Crippen LogP) is 3.47. The Labute approximate surface area is 151 Å². The highest BCUT2D eigenvalue weighted by atomic mass is 16.5. The zero-order chi connectivity index (χ0) is 18.8. The fourth-order valence-electron chi connectivity index (χ4n) is 2.60. The Balaban J connectivity index is 1.76. The molecule has 0 unspecified atom stereocenters. The lowest BCUT2D eigenvalue weighted by atomic mass is 10.1. The molecule has 0 spiro atoms. The molecule has 0 aliphatic heterocycles. The van der Waals surface area contributed by atoms with E-state index in [2.05, 4.69) is 15.6 Å².